The van der Waals surface area contributed by atoms with Crippen LogP contribution < -0.4 is 18.9 Å². The van der Waals surface area contributed by atoms with Crippen LogP contribution in [0.15, 0.2) is 47.4 Å². The van der Waals surface area contributed by atoms with Crippen molar-refractivity contribution in [1.82, 2.24) is 4.72 Å². The van der Waals surface area contributed by atoms with Gasteiger partial charge in [-0.05, 0) is 29.8 Å². The second-order valence-electron chi connectivity index (χ2n) is 5.04. The normalized spacial score (nSPS) is 11.9. The van der Waals surface area contributed by atoms with Crippen molar-refractivity contribution in [3.05, 3.63) is 48.0 Å². The second-order valence-corrected chi connectivity index (χ2v) is 6.78. The minimum Gasteiger partial charge on any atom is -0.497 e. The lowest BCUT2D eigenvalue weighted by Gasteiger charge is -2.14. The van der Waals surface area contributed by atoms with Crippen molar-refractivity contribution >= 4 is 10.0 Å². The molecule has 2 aromatic rings. The maximum atomic E-state index is 12.5. The van der Waals surface area contributed by atoms with E-state index in [-0.39, 0.29) is 6.54 Å². The zero-order chi connectivity index (χ0) is 19.4. The molecule has 0 aliphatic carbocycles. The predicted octanol–water partition coefficient (Wildman–Crippen LogP) is 3.08. The molecule has 0 aliphatic rings. The van der Waals surface area contributed by atoms with E-state index in [1.54, 1.807) is 18.2 Å². The molecule has 1 N–H and O–H groups in total. The average Bonchev–Trinajstić information content (AvgIpc) is 2.58. The molecule has 0 saturated carbocycles. The zero-order valence-corrected chi connectivity index (χ0v) is 14.6. The van der Waals surface area contributed by atoms with Crippen molar-refractivity contribution in [1.29, 1.82) is 0 Å². The van der Waals surface area contributed by atoms with Gasteiger partial charge in [-0.1, -0.05) is 12.1 Å². The van der Waals surface area contributed by atoms with Crippen molar-refractivity contribution in [2.45, 2.75) is 17.8 Å². The molecular weight excluding hydrogens is 375 g/mol. The monoisotopic (exact) mass is 391 g/mol. The lowest BCUT2D eigenvalue weighted by molar-refractivity contribution is -0.275. The van der Waals surface area contributed by atoms with Crippen LogP contribution in [-0.4, -0.2) is 29.0 Å². The summed E-state index contributed by atoms with van der Waals surface area (Å²) in [5, 5.41) is 0. The van der Waals surface area contributed by atoms with E-state index in [0.29, 0.717) is 17.1 Å². The molecule has 0 unspecified atom stereocenters. The fourth-order valence-corrected chi connectivity index (χ4v) is 3.25. The highest BCUT2D eigenvalue weighted by atomic mass is 32.2. The molecule has 0 heterocycles. The van der Waals surface area contributed by atoms with E-state index < -0.39 is 27.0 Å². The topological polar surface area (TPSA) is 73.9 Å². The van der Waals surface area contributed by atoms with Gasteiger partial charge in [0.15, 0.2) is 0 Å². The van der Waals surface area contributed by atoms with Gasteiger partial charge in [0.2, 0.25) is 10.0 Å². The highest BCUT2D eigenvalue weighted by molar-refractivity contribution is 7.89. The summed E-state index contributed by atoms with van der Waals surface area (Å²) in [6.45, 7) is -0.184. The maximum Gasteiger partial charge on any atom is 0.573 e. The van der Waals surface area contributed by atoms with Gasteiger partial charge in [-0.2, -0.15) is 0 Å². The fourth-order valence-electron chi connectivity index (χ4n) is 2.11. The number of nitrogens with one attached hydrogen (secondary N) is 1. The van der Waals surface area contributed by atoms with Gasteiger partial charge < -0.3 is 14.2 Å². The molecule has 6 nitrogen and oxygen atoms in total. The van der Waals surface area contributed by atoms with E-state index in [0.717, 1.165) is 12.1 Å². The van der Waals surface area contributed by atoms with Crippen LogP contribution in [0.1, 0.15) is 5.56 Å². The first-order chi connectivity index (χ1) is 12.1. The molecule has 0 amide bonds. The summed E-state index contributed by atoms with van der Waals surface area (Å²) in [7, 11) is -1.38. The van der Waals surface area contributed by atoms with Gasteiger partial charge in [0.1, 0.15) is 22.1 Å². The Kier molecular flexibility index (Phi) is 5.98. The van der Waals surface area contributed by atoms with Crippen molar-refractivity contribution < 1.29 is 35.8 Å². The van der Waals surface area contributed by atoms with Crippen LogP contribution in [0.5, 0.6) is 17.2 Å². The third-order valence-corrected chi connectivity index (χ3v) is 4.68. The first kappa shape index (κ1) is 19.9. The Morgan fingerprint density at radius 2 is 1.58 bits per heavy atom. The summed E-state index contributed by atoms with van der Waals surface area (Å²) in [4.78, 5) is -0.618. The number of hydrogen-bond acceptors (Lipinski definition) is 5. The summed E-state index contributed by atoms with van der Waals surface area (Å²) in [6.07, 6.45) is -5.01. The minimum atomic E-state index is -5.01. The molecule has 0 radical (unpaired) electrons. The lowest BCUT2D eigenvalue weighted by Crippen LogP contribution is -2.25. The van der Waals surface area contributed by atoms with Gasteiger partial charge in [0.25, 0.3) is 0 Å². The van der Waals surface area contributed by atoms with Crippen molar-refractivity contribution in [3.8, 4) is 17.2 Å². The Bertz CT molecular complexity index is 846. The largest absolute Gasteiger partial charge is 0.573 e. The molecule has 2 rings (SSSR count). The number of alkyl halides is 3. The van der Waals surface area contributed by atoms with E-state index in [4.69, 9.17) is 9.47 Å². The van der Waals surface area contributed by atoms with Crippen LogP contribution in [0.4, 0.5) is 13.2 Å². The third kappa shape index (κ3) is 5.27. The number of rotatable bonds is 7. The molecule has 0 spiro atoms. The first-order valence-electron chi connectivity index (χ1n) is 7.21. The number of methoxy groups -OCH3 is 2. The molecule has 0 atom stereocenters. The molecule has 0 saturated heterocycles. The van der Waals surface area contributed by atoms with Crippen molar-refractivity contribution in [2.24, 2.45) is 0 Å². The standard InChI is InChI=1S/C16H16F3NO5S/c1-23-12-7-11(8-13(9-12)24-2)10-20-26(21,22)15-6-4-3-5-14(15)25-16(17,18)19/h3-9,20H,10H2,1-2H3. The Balaban J connectivity index is 2.25. The molecule has 0 aromatic heterocycles. The van der Waals surface area contributed by atoms with Crippen LogP contribution in [-0.2, 0) is 16.6 Å². The molecule has 10 heteroatoms. The van der Waals surface area contributed by atoms with Gasteiger partial charge in [0.05, 0.1) is 14.2 Å². The summed E-state index contributed by atoms with van der Waals surface area (Å²) >= 11 is 0. The number of sulfonamides is 1. The van der Waals surface area contributed by atoms with E-state index >= 15 is 0 Å². The number of para-hydroxylation sites is 1. The van der Waals surface area contributed by atoms with Crippen LogP contribution >= 0.6 is 0 Å². The highest BCUT2D eigenvalue weighted by Gasteiger charge is 2.33. The Morgan fingerprint density at radius 1 is 1.00 bits per heavy atom. The number of halogens is 3. The SMILES string of the molecule is COc1cc(CNS(=O)(=O)c2ccccc2OC(F)(F)F)cc(OC)c1. The number of benzene rings is 2. The fraction of sp³-hybridized carbons (Fsp3) is 0.250. The maximum absolute atomic E-state index is 12.5. The quantitative estimate of drug-likeness (QED) is 0.785. The molecule has 0 fully saturated rings. The summed E-state index contributed by atoms with van der Waals surface area (Å²) in [6, 6.07) is 9.24. The molecule has 26 heavy (non-hydrogen) atoms. The Morgan fingerprint density at radius 3 is 2.12 bits per heavy atom. The van der Waals surface area contributed by atoms with E-state index in [1.165, 1.54) is 26.4 Å². The van der Waals surface area contributed by atoms with Gasteiger partial charge in [0, 0.05) is 12.6 Å². The van der Waals surface area contributed by atoms with Gasteiger partial charge in [-0.25, -0.2) is 13.1 Å². The Labute approximate surface area is 148 Å². The predicted molar refractivity (Wildman–Crippen MR) is 86.7 cm³/mol. The first-order valence-corrected chi connectivity index (χ1v) is 8.69. The molecule has 142 valence electrons. The summed E-state index contributed by atoms with van der Waals surface area (Å²) < 4.78 is 78.4. The van der Waals surface area contributed by atoms with Gasteiger partial charge >= 0.3 is 6.36 Å². The van der Waals surface area contributed by atoms with Crippen LogP contribution in [0.25, 0.3) is 0 Å². The molecule has 2 aromatic carbocycles. The second kappa shape index (κ2) is 7.83. The zero-order valence-electron chi connectivity index (χ0n) is 13.8. The van der Waals surface area contributed by atoms with Gasteiger partial charge in [-0.15, -0.1) is 13.2 Å². The third-order valence-electron chi connectivity index (χ3n) is 3.24. The number of hydrogen-bond donors (Lipinski definition) is 1. The minimum absolute atomic E-state index is 0.184. The lowest BCUT2D eigenvalue weighted by atomic mass is 10.2. The summed E-state index contributed by atoms with van der Waals surface area (Å²) in [5.74, 6) is 0.0782. The highest BCUT2D eigenvalue weighted by Crippen LogP contribution is 2.29. The van der Waals surface area contributed by atoms with Crippen LogP contribution in [0.2, 0.25) is 0 Å². The average molecular weight is 391 g/mol. The summed E-state index contributed by atoms with van der Waals surface area (Å²) in [5.41, 5.74) is 0.499. The Hall–Kier alpha value is -2.46. The number of ether oxygens (including phenoxy) is 3. The van der Waals surface area contributed by atoms with Gasteiger partial charge in [-0.3, -0.25) is 0 Å². The van der Waals surface area contributed by atoms with E-state index in [9.17, 15) is 21.6 Å². The van der Waals surface area contributed by atoms with Crippen LogP contribution in [0.3, 0.4) is 0 Å². The smallest absolute Gasteiger partial charge is 0.497 e. The van der Waals surface area contributed by atoms with Crippen molar-refractivity contribution in [2.75, 3.05) is 14.2 Å². The van der Waals surface area contributed by atoms with E-state index in [2.05, 4.69) is 9.46 Å². The molecule has 0 aliphatic heterocycles. The van der Waals surface area contributed by atoms with E-state index in [1.807, 2.05) is 0 Å². The van der Waals surface area contributed by atoms with Crippen molar-refractivity contribution in [3.63, 3.8) is 0 Å². The van der Waals surface area contributed by atoms with Crippen LogP contribution in [0, 0.1) is 0 Å². The molecular formula is C16H16F3NO5S. The molecule has 0 bridgehead atoms.